The molecule has 0 saturated carbocycles. The van der Waals surface area contributed by atoms with Crippen LogP contribution in [0.25, 0.3) is 16.8 Å². The van der Waals surface area contributed by atoms with Crippen LogP contribution in [0, 0.1) is 0 Å². The zero-order chi connectivity index (χ0) is 16.8. The number of carbonyl (C=O) groups is 1. The summed E-state index contributed by atoms with van der Waals surface area (Å²) in [5.74, 6) is 0.423. The first kappa shape index (κ1) is 15.2. The van der Waals surface area contributed by atoms with Gasteiger partial charge in [-0.25, -0.2) is 4.79 Å². The van der Waals surface area contributed by atoms with E-state index in [1.165, 1.54) is 14.2 Å². The average Bonchev–Trinajstić information content (AvgIpc) is 2.54. The van der Waals surface area contributed by atoms with Gasteiger partial charge < -0.3 is 19.3 Å². The molecule has 3 rings (SSSR count). The summed E-state index contributed by atoms with van der Waals surface area (Å²) in [6, 6.07) is 7.49. The molecule has 2 aromatic carbocycles. The summed E-state index contributed by atoms with van der Waals surface area (Å²) in [5.41, 5.74) is -0.174. The number of aliphatic hydroxyl groups excluding tert-OH is 1. The minimum absolute atomic E-state index is 0.0347. The summed E-state index contributed by atoms with van der Waals surface area (Å²) in [4.78, 5) is 12.3. The Hall–Kier alpha value is -2.69. The molecule has 5 nitrogen and oxygen atoms in total. The van der Waals surface area contributed by atoms with Crippen LogP contribution in [0.3, 0.4) is 0 Å². The Morgan fingerprint density at radius 1 is 1.17 bits per heavy atom. The predicted molar refractivity (Wildman–Crippen MR) is 87.2 cm³/mol. The van der Waals surface area contributed by atoms with E-state index in [-0.39, 0.29) is 11.3 Å². The Morgan fingerprint density at radius 2 is 1.83 bits per heavy atom. The second kappa shape index (κ2) is 5.19. The number of carbonyl (C=O) groups excluding carboxylic acids is 1. The smallest absolute Gasteiger partial charge is 0.342 e. The second-order valence-electron chi connectivity index (χ2n) is 5.83. The Morgan fingerprint density at radius 3 is 2.43 bits per heavy atom. The van der Waals surface area contributed by atoms with Crippen LogP contribution in [-0.4, -0.2) is 30.9 Å². The molecule has 0 amide bonds. The van der Waals surface area contributed by atoms with Crippen LogP contribution in [0.15, 0.2) is 30.0 Å². The monoisotopic (exact) mass is 314 g/mol. The number of hydrogen-bond acceptors (Lipinski definition) is 5. The Kier molecular flexibility index (Phi) is 3.43. The number of esters is 1. The molecule has 0 radical (unpaired) electrons. The van der Waals surface area contributed by atoms with Crippen molar-refractivity contribution in [3.63, 3.8) is 0 Å². The van der Waals surface area contributed by atoms with E-state index in [2.05, 4.69) is 0 Å². The molecule has 0 aliphatic carbocycles. The van der Waals surface area contributed by atoms with Crippen LogP contribution in [-0.2, 0) is 4.74 Å². The van der Waals surface area contributed by atoms with Crippen molar-refractivity contribution >= 4 is 22.8 Å². The van der Waals surface area contributed by atoms with Crippen molar-refractivity contribution in [3.05, 3.63) is 41.2 Å². The maximum atomic E-state index is 12.3. The molecule has 0 unspecified atom stereocenters. The van der Waals surface area contributed by atoms with Gasteiger partial charge in [-0.1, -0.05) is 24.3 Å². The minimum atomic E-state index is -0.877. The zero-order valence-corrected chi connectivity index (χ0v) is 13.5. The lowest BCUT2D eigenvalue weighted by Gasteiger charge is -2.32. The van der Waals surface area contributed by atoms with Crippen molar-refractivity contribution < 1.29 is 24.1 Å². The van der Waals surface area contributed by atoms with E-state index in [9.17, 15) is 9.90 Å². The van der Waals surface area contributed by atoms with Gasteiger partial charge in [-0.3, -0.25) is 0 Å². The van der Waals surface area contributed by atoms with Gasteiger partial charge in [0.05, 0.1) is 14.2 Å². The highest BCUT2D eigenvalue weighted by atomic mass is 16.5. The van der Waals surface area contributed by atoms with E-state index in [1.54, 1.807) is 19.9 Å². The highest BCUT2D eigenvalue weighted by molar-refractivity contribution is 6.08. The summed E-state index contributed by atoms with van der Waals surface area (Å²) in [7, 11) is 2.80. The number of rotatable bonds is 2. The van der Waals surface area contributed by atoms with Crippen LogP contribution >= 0.6 is 0 Å². The van der Waals surface area contributed by atoms with E-state index in [0.717, 1.165) is 10.8 Å². The Balaban J connectivity index is 2.49. The van der Waals surface area contributed by atoms with Gasteiger partial charge >= 0.3 is 5.97 Å². The number of benzene rings is 2. The van der Waals surface area contributed by atoms with E-state index in [0.29, 0.717) is 17.1 Å². The molecule has 1 aliphatic rings. The van der Waals surface area contributed by atoms with Crippen LogP contribution in [0.1, 0.15) is 29.8 Å². The highest BCUT2D eigenvalue weighted by Crippen LogP contribution is 2.46. The highest BCUT2D eigenvalue weighted by Gasteiger charge is 2.35. The third kappa shape index (κ3) is 2.20. The molecule has 0 atom stereocenters. The summed E-state index contributed by atoms with van der Waals surface area (Å²) in [6.45, 7) is 3.52. The molecule has 1 aliphatic heterocycles. The van der Waals surface area contributed by atoms with Crippen LogP contribution in [0.5, 0.6) is 11.5 Å². The fourth-order valence-electron chi connectivity index (χ4n) is 2.78. The summed E-state index contributed by atoms with van der Waals surface area (Å²) in [6.07, 6.45) is 1.54. The normalized spacial score (nSPS) is 15.4. The Bertz CT molecular complexity index is 833. The van der Waals surface area contributed by atoms with Gasteiger partial charge in [-0.2, -0.15) is 0 Å². The fourth-order valence-corrected chi connectivity index (χ4v) is 2.78. The SMILES string of the molecule is COC(=O)c1c2c(c3ccccc3c1OC)OC(C)(C)C(O)=C2. The molecule has 120 valence electrons. The molecule has 5 heteroatoms. The van der Waals surface area contributed by atoms with Gasteiger partial charge in [0.25, 0.3) is 0 Å². The maximum Gasteiger partial charge on any atom is 0.342 e. The molecular formula is C18H18O5. The molecule has 0 fully saturated rings. The van der Waals surface area contributed by atoms with E-state index in [4.69, 9.17) is 14.2 Å². The zero-order valence-electron chi connectivity index (χ0n) is 13.5. The van der Waals surface area contributed by atoms with Gasteiger partial charge in [0.1, 0.15) is 22.8 Å². The minimum Gasteiger partial charge on any atom is -0.508 e. The fraction of sp³-hybridized carbons (Fsp3) is 0.278. The lowest BCUT2D eigenvalue weighted by atomic mass is 9.92. The third-order valence-corrected chi connectivity index (χ3v) is 4.01. The van der Waals surface area contributed by atoms with Crippen molar-refractivity contribution in [1.82, 2.24) is 0 Å². The Labute approximate surface area is 134 Å². The molecule has 2 aromatic rings. The molecule has 1 N–H and O–H groups in total. The number of methoxy groups -OCH3 is 2. The summed E-state index contributed by atoms with van der Waals surface area (Å²) in [5, 5.41) is 11.8. The molecular weight excluding hydrogens is 296 g/mol. The van der Waals surface area contributed by atoms with Gasteiger partial charge in [0, 0.05) is 16.3 Å². The molecule has 0 saturated heterocycles. The number of fused-ring (bicyclic) bond motifs is 3. The molecule has 0 bridgehead atoms. The van der Waals surface area contributed by atoms with Gasteiger partial charge in [-0.05, 0) is 19.9 Å². The van der Waals surface area contributed by atoms with E-state index in [1.807, 2.05) is 24.3 Å². The molecule has 1 heterocycles. The van der Waals surface area contributed by atoms with E-state index < -0.39 is 11.6 Å². The lowest BCUT2D eigenvalue weighted by molar-refractivity contribution is 0.0592. The molecule has 23 heavy (non-hydrogen) atoms. The van der Waals surface area contributed by atoms with Crippen molar-refractivity contribution in [3.8, 4) is 11.5 Å². The van der Waals surface area contributed by atoms with Crippen LogP contribution in [0.4, 0.5) is 0 Å². The first-order chi connectivity index (χ1) is 10.9. The topological polar surface area (TPSA) is 65.0 Å². The standard InChI is InChI=1S/C18H18O5/c1-18(2)13(19)9-12-14(17(20)22-4)16(21-3)11-8-6-5-7-10(11)15(12)23-18/h5-9,19H,1-4H3. The third-order valence-electron chi connectivity index (χ3n) is 4.01. The average molecular weight is 314 g/mol. The van der Waals surface area contributed by atoms with Gasteiger partial charge in [0.15, 0.2) is 5.60 Å². The van der Waals surface area contributed by atoms with Crippen LogP contribution in [0.2, 0.25) is 0 Å². The number of hydrogen-bond donors (Lipinski definition) is 1. The van der Waals surface area contributed by atoms with Crippen molar-refractivity contribution in [2.75, 3.05) is 14.2 Å². The predicted octanol–water partition coefficient (Wildman–Crippen LogP) is 3.70. The second-order valence-corrected chi connectivity index (χ2v) is 5.83. The molecule has 0 spiro atoms. The van der Waals surface area contributed by atoms with Crippen molar-refractivity contribution in [1.29, 1.82) is 0 Å². The van der Waals surface area contributed by atoms with Crippen molar-refractivity contribution in [2.24, 2.45) is 0 Å². The van der Waals surface area contributed by atoms with Gasteiger partial charge in [-0.15, -0.1) is 0 Å². The first-order valence-electron chi connectivity index (χ1n) is 7.22. The summed E-state index contributed by atoms with van der Waals surface area (Å²) < 4.78 is 16.4. The van der Waals surface area contributed by atoms with E-state index >= 15 is 0 Å². The number of aliphatic hydroxyl groups is 1. The van der Waals surface area contributed by atoms with Crippen molar-refractivity contribution in [2.45, 2.75) is 19.4 Å². The maximum absolute atomic E-state index is 12.3. The lowest BCUT2D eigenvalue weighted by Crippen LogP contribution is -2.33. The quantitative estimate of drug-likeness (QED) is 0.856. The largest absolute Gasteiger partial charge is 0.508 e. The first-order valence-corrected chi connectivity index (χ1v) is 7.22. The number of ether oxygens (including phenoxy) is 3. The van der Waals surface area contributed by atoms with Crippen LogP contribution < -0.4 is 9.47 Å². The summed E-state index contributed by atoms with van der Waals surface area (Å²) >= 11 is 0. The van der Waals surface area contributed by atoms with Gasteiger partial charge in [0.2, 0.25) is 0 Å². The molecule has 0 aromatic heterocycles.